The van der Waals surface area contributed by atoms with Crippen molar-refractivity contribution in [3.8, 4) is 0 Å². The number of rotatable bonds is 33. The summed E-state index contributed by atoms with van der Waals surface area (Å²) in [6.07, 6.45) is 50.2. The SMILES string of the molecule is CC/C=C\C/C=C\C/C=C\C/C=C\C/C=C\CC(=O)OCC(COC(=O)CCCCCCC)OC(=O)CCCCC/C=C\C/C=C\C/C=C\CC. The summed E-state index contributed by atoms with van der Waals surface area (Å²) in [5.41, 5.74) is 0. The van der Waals surface area contributed by atoms with Crippen LogP contribution >= 0.6 is 0 Å². The minimum absolute atomic E-state index is 0.118. The van der Waals surface area contributed by atoms with E-state index in [0.29, 0.717) is 12.8 Å². The average molecular weight is 707 g/mol. The highest BCUT2D eigenvalue weighted by atomic mass is 16.6. The van der Waals surface area contributed by atoms with Crippen LogP contribution in [0.25, 0.3) is 0 Å². The molecule has 0 amide bonds. The first kappa shape index (κ1) is 47.3. The Morgan fingerprint density at radius 2 is 0.843 bits per heavy atom. The van der Waals surface area contributed by atoms with Gasteiger partial charge in [0, 0.05) is 12.8 Å². The monoisotopic (exact) mass is 707 g/mol. The van der Waals surface area contributed by atoms with Crippen LogP contribution < -0.4 is 0 Å². The highest BCUT2D eigenvalue weighted by molar-refractivity contribution is 5.72. The predicted molar refractivity (Wildman–Crippen MR) is 214 cm³/mol. The Bertz CT molecular complexity index is 1090. The van der Waals surface area contributed by atoms with E-state index in [9.17, 15) is 14.4 Å². The number of hydrogen-bond donors (Lipinski definition) is 0. The summed E-state index contributed by atoms with van der Waals surface area (Å²) in [7, 11) is 0. The molecule has 0 heterocycles. The molecule has 0 spiro atoms. The van der Waals surface area contributed by atoms with Gasteiger partial charge in [-0.05, 0) is 77.0 Å². The minimum Gasteiger partial charge on any atom is -0.462 e. The highest BCUT2D eigenvalue weighted by Gasteiger charge is 2.19. The zero-order valence-corrected chi connectivity index (χ0v) is 32.3. The summed E-state index contributed by atoms with van der Waals surface area (Å²) >= 11 is 0. The van der Waals surface area contributed by atoms with E-state index in [1.807, 2.05) is 6.08 Å². The Morgan fingerprint density at radius 1 is 0.431 bits per heavy atom. The average Bonchev–Trinajstić information content (AvgIpc) is 3.12. The van der Waals surface area contributed by atoms with E-state index in [1.54, 1.807) is 6.08 Å². The van der Waals surface area contributed by atoms with Crippen molar-refractivity contribution >= 4 is 17.9 Å². The van der Waals surface area contributed by atoms with Gasteiger partial charge in [0.05, 0.1) is 6.42 Å². The first-order valence-corrected chi connectivity index (χ1v) is 19.7. The Labute approximate surface area is 311 Å². The summed E-state index contributed by atoms with van der Waals surface area (Å²) in [4.78, 5) is 37.2. The van der Waals surface area contributed by atoms with Crippen LogP contribution in [-0.4, -0.2) is 37.2 Å². The summed E-state index contributed by atoms with van der Waals surface area (Å²) in [6, 6.07) is 0. The highest BCUT2D eigenvalue weighted by Crippen LogP contribution is 2.10. The molecule has 0 radical (unpaired) electrons. The molecule has 286 valence electrons. The summed E-state index contributed by atoms with van der Waals surface area (Å²) in [5, 5.41) is 0. The number of carbonyl (C=O) groups excluding carboxylic acids is 3. The molecule has 0 rings (SSSR count). The number of ether oxygens (including phenoxy) is 3. The van der Waals surface area contributed by atoms with E-state index in [4.69, 9.17) is 14.2 Å². The molecule has 6 heteroatoms. The summed E-state index contributed by atoms with van der Waals surface area (Å²) in [5.74, 6) is -1.12. The van der Waals surface area contributed by atoms with Crippen LogP contribution in [0.4, 0.5) is 0 Å². The van der Waals surface area contributed by atoms with Crippen molar-refractivity contribution in [1.82, 2.24) is 0 Å². The molecule has 1 unspecified atom stereocenters. The van der Waals surface area contributed by atoms with Crippen molar-refractivity contribution in [1.29, 1.82) is 0 Å². The molecule has 0 aliphatic carbocycles. The molecule has 0 fully saturated rings. The third-order valence-corrected chi connectivity index (χ3v) is 7.62. The maximum absolute atomic E-state index is 12.6. The molecule has 51 heavy (non-hydrogen) atoms. The first-order chi connectivity index (χ1) is 25.0. The minimum atomic E-state index is -0.827. The van der Waals surface area contributed by atoms with Gasteiger partial charge < -0.3 is 14.2 Å². The maximum Gasteiger partial charge on any atom is 0.309 e. The quantitative estimate of drug-likeness (QED) is 0.0292. The maximum atomic E-state index is 12.6. The van der Waals surface area contributed by atoms with Gasteiger partial charge in [-0.15, -0.1) is 0 Å². The molecular formula is C45H70O6. The van der Waals surface area contributed by atoms with Gasteiger partial charge in [0.15, 0.2) is 6.10 Å². The van der Waals surface area contributed by atoms with Crippen molar-refractivity contribution in [3.63, 3.8) is 0 Å². The van der Waals surface area contributed by atoms with Crippen LogP contribution in [0.5, 0.6) is 0 Å². The fourth-order valence-corrected chi connectivity index (χ4v) is 4.70. The van der Waals surface area contributed by atoms with Crippen molar-refractivity contribution in [2.75, 3.05) is 13.2 Å². The van der Waals surface area contributed by atoms with Crippen LogP contribution in [0.2, 0.25) is 0 Å². The van der Waals surface area contributed by atoms with Gasteiger partial charge >= 0.3 is 17.9 Å². The molecule has 6 nitrogen and oxygen atoms in total. The topological polar surface area (TPSA) is 78.9 Å². The second kappa shape index (κ2) is 39.1. The van der Waals surface area contributed by atoms with E-state index < -0.39 is 12.1 Å². The lowest BCUT2D eigenvalue weighted by Crippen LogP contribution is -2.30. The van der Waals surface area contributed by atoms with Crippen LogP contribution in [0.15, 0.2) is 97.2 Å². The Kier molecular flexibility index (Phi) is 36.3. The second-order valence-corrected chi connectivity index (χ2v) is 12.4. The van der Waals surface area contributed by atoms with Crippen LogP contribution in [-0.2, 0) is 28.6 Å². The Balaban J connectivity index is 4.50. The van der Waals surface area contributed by atoms with Crippen molar-refractivity contribution in [2.24, 2.45) is 0 Å². The van der Waals surface area contributed by atoms with Gasteiger partial charge in [0.2, 0.25) is 0 Å². The molecule has 0 aliphatic rings. The molecule has 0 aliphatic heterocycles. The zero-order valence-electron chi connectivity index (χ0n) is 32.3. The molecule has 0 saturated heterocycles. The third-order valence-electron chi connectivity index (χ3n) is 7.62. The Morgan fingerprint density at radius 3 is 1.35 bits per heavy atom. The van der Waals surface area contributed by atoms with Gasteiger partial charge in [-0.3, -0.25) is 14.4 Å². The summed E-state index contributed by atoms with van der Waals surface area (Å²) < 4.78 is 16.4. The van der Waals surface area contributed by atoms with Gasteiger partial charge in [0.1, 0.15) is 13.2 Å². The van der Waals surface area contributed by atoms with Gasteiger partial charge in [-0.2, -0.15) is 0 Å². The van der Waals surface area contributed by atoms with Crippen LogP contribution in [0.3, 0.4) is 0 Å². The van der Waals surface area contributed by atoms with Crippen molar-refractivity contribution in [2.45, 2.75) is 155 Å². The summed E-state index contributed by atoms with van der Waals surface area (Å²) in [6.45, 7) is 6.15. The predicted octanol–water partition coefficient (Wildman–Crippen LogP) is 12.3. The van der Waals surface area contributed by atoms with Crippen molar-refractivity contribution in [3.05, 3.63) is 97.2 Å². The molecule has 0 aromatic heterocycles. The number of carbonyl (C=O) groups is 3. The van der Waals surface area contributed by atoms with Gasteiger partial charge in [0.25, 0.3) is 0 Å². The number of unbranched alkanes of at least 4 members (excludes halogenated alkanes) is 7. The normalized spacial score (nSPS) is 13.1. The smallest absolute Gasteiger partial charge is 0.309 e. The number of hydrogen-bond acceptors (Lipinski definition) is 6. The van der Waals surface area contributed by atoms with E-state index in [0.717, 1.165) is 103 Å². The molecule has 0 aromatic carbocycles. The van der Waals surface area contributed by atoms with E-state index in [1.165, 1.54) is 0 Å². The molecule has 0 saturated carbocycles. The van der Waals surface area contributed by atoms with E-state index in [2.05, 4.69) is 106 Å². The molecule has 0 aromatic rings. The molecule has 0 N–H and O–H groups in total. The lowest BCUT2D eigenvalue weighted by atomic mass is 10.1. The van der Waals surface area contributed by atoms with Gasteiger partial charge in [-0.25, -0.2) is 0 Å². The first-order valence-electron chi connectivity index (χ1n) is 19.7. The molecule has 0 bridgehead atoms. The van der Waals surface area contributed by atoms with Gasteiger partial charge in [-0.1, -0.05) is 150 Å². The number of esters is 3. The Hall–Kier alpha value is -3.67. The largest absolute Gasteiger partial charge is 0.462 e. The van der Waals surface area contributed by atoms with Crippen LogP contribution in [0, 0.1) is 0 Å². The van der Waals surface area contributed by atoms with Crippen LogP contribution in [0.1, 0.15) is 149 Å². The fourth-order valence-electron chi connectivity index (χ4n) is 4.70. The third kappa shape index (κ3) is 37.4. The zero-order chi connectivity index (χ0) is 37.3. The standard InChI is InChI=1S/C45H70O6/c1-4-7-10-13-15-17-19-21-22-24-25-27-29-32-35-38-44(47)50-41-42(40-49-43(46)37-34-31-12-9-6-3)51-45(48)39-36-33-30-28-26-23-20-18-16-14-11-8-5-2/h7-8,10-11,15-18,21-23,25-27,32,35,42H,4-6,9,12-14,19-20,24,28-31,33-34,36-41H2,1-3H3/b10-7-,11-8-,17-15-,18-16-,22-21-,26-23-,27-25-,35-32-. The van der Waals surface area contributed by atoms with E-state index in [-0.39, 0.29) is 38.0 Å². The molecule has 1 atom stereocenters. The number of allylic oxidation sites excluding steroid dienone is 15. The van der Waals surface area contributed by atoms with Crippen molar-refractivity contribution < 1.29 is 28.6 Å². The van der Waals surface area contributed by atoms with E-state index >= 15 is 0 Å². The fraction of sp³-hybridized carbons (Fsp3) is 0.578. The second-order valence-electron chi connectivity index (χ2n) is 12.4. The molecular weight excluding hydrogens is 636 g/mol. The lowest BCUT2D eigenvalue weighted by Gasteiger charge is -2.18. The lowest BCUT2D eigenvalue weighted by molar-refractivity contribution is -0.166.